The molecule has 3 aromatic rings. The molecule has 5 nitrogen and oxygen atoms in total. The Morgan fingerprint density at radius 3 is 2.27 bits per heavy atom. The standard InChI is InChI=1S/C25H26Cl2N2O3S/c1-4-23(19-11-10-17(2)18(3)14-19)28-25(30)16-29(24-13-12-20(26)15-22(24)27)33(31,32)21-8-6-5-7-9-21/h5-15,23H,4,16H2,1-3H3,(H,28,30). The van der Waals surface area contributed by atoms with Crippen molar-refractivity contribution in [1.29, 1.82) is 0 Å². The van der Waals surface area contributed by atoms with Crippen molar-refractivity contribution in [3.05, 3.63) is 93.5 Å². The van der Waals surface area contributed by atoms with Crippen molar-refractivity contribution >= 4 is 44.8 Å². The summed E-state index contributed by atoms with van der Waals surface area (Å²) in [7, 11) is -4.06. The van der Waals surface area contributed by atoms with Gasteiger partial charge in [-0.2, -0.15) is 0 Å². The molecule has 0 aromatic heterocycles. The number of rotatable bonds is 8. The van der Waals surface area contributed by atoms with Crippen molar-refractivity contribution in [3.63, 3.8) is 0 Å². The van der Waals surface area contributed by atoms with E-state index in [0.717, 1.165) is 21.0 Å². The minimum absolute atomic E-state index is 0.0602. The molecule has 0 bridgehead atoms. The first-order valence-corrected chi connectivity index (χ1v) is 12.7. The molecule has 0 saturated heterocycles. The van der Waals surface area contributed by atoms with Crippen molar-refractivity contribution in [2.24, 2.45) is 0 Å². The summed E-state index contributed by atoms with van der Waals surface area (Å²) in [6, 6.07) is 18.2. The van der Waals surface area contributed by atoms with E-state index in [9.17, 15) is 13.2 Å². The van der Waals surface area contributed by atoms with Crippen LogP contribution >= 0.6 is 23.2 Å². The van der Waals surface area contributed by atoms with Gasteiger partial charge in [0.15, 0.2) is 0 Å². The third-order valence-electron chi connectivity index (χ3n) is 5.47. The highest BCUT2D eigenvalue weighted by molar-refractivity contribution is 7.92. The molecule has 1 atom stereocenters. The lowest BCUT2D eigenvalue weighted by Crippen LogP contribution is -2.42. The van der Waals surface area contributed by atoms with Crippen LogP contribution in [0.2, 0.25) is 10.0 Å². The van der Waals surface area contributed by atoms with Gasteiger partial charge in [0.1, 0.15) is 6.54 Å². The van der Waals surface area contributed by atoms with Crippen LogP contribution < -0.4 is 9.62 Å². The first-order chi connectivity index (χ1) is 15.6. The zero-order valence-corrected chi connectivity index (χ0v) is 21.0. The normalized spacial score (nSPS) is 12.3. The van der Waals surface area contributed by atoms with Crippen molar-refractivity contribution in [1.82, 2.24) is 5.32 Å². The number of hydrogen-bond donors (Lipinski definition) is 1. The largest absolute Gasteiger partial charge is 0.348 e. The third kappa shape index (κ3) is 5.88. The number of carbonyl (C=O) groups is 1. The summed E-state index contributed by atoms with van der Waals surface area (Å²) in [5.41, 5.74) is 3.44. The molecule has 0 spiro atoms. The average Bonchev–Trinajstić information content (AvgIpc) is 2.79. The van der Waals surface area contributed by atoms with Gasteiger partial charge >= 0.3 is 0 Å². The van der Waals surface area contributed by atoms with Crippen molar-refractivity contribution in [3.8, 4) is 0 Å². The highest BCUT2D eigenvalue weighted by Crippen LogP contribution is 2.32. The number of hydrogen-bond acceptors (Lipinski definition) is 3. The Hall–Kier alpha value is -2.54. The van der Waals surface area contributed by atoms with Crippen LogP contribution in [0, 0.1) is 13.8 Å². The van der Waals surface area contributed by atoms with Gasteiger partial charge in [-0.15, -0.1) is 0 Å². The molecule has 3 rings (SSSR count). The van der Waals surface area contributed by atoms with Crippen LogP contribution in [-0.2, 0) is 14.8 Å². The molecule has 8 heteroatoms. The molecule has 1 N–H and O–H groups in total. The Morgan fingerprint density at radius 1 is 0.970 bits per heavy atom. The SMILES string of the molecule is CCC(NC(=O)CN(c1ccc(Cl)cc1Cl)S(=O)(=O)c1ccccc1)c1ccc(C)c(C)c1. The maximum atomic E-state index is 13.5. The summed E-state index contributed by atoms with van der Waals surface area (Å²) in [5, 5.41) is 3.47. The van der Waals surface area contributed by atoms with E-state index in [1.807, 2.05) is 39.0 Å². The lowest BCUT2D eigenvalue weighted by Gasteiger charge is -2.26. The monoisotopic (exact) mass is 504 g/mol. The molecule has 0 aliphatic heterocycles. The van der Waals surface area contributed by atoms with E-state index in [0.29, 0.717) is 11.4 Å². The zero-order chi connectivity index (χ0) is 24.2. The number of anilines is 1. The minimum atomic E-state index is -4.06. The highest BCUT2D eigenvalue weighted by atomic mass is 35.5. The maximum Gasteiger partial charge on any atom is 0.264 e. The Kier molecular flexibility index (Phi) is 8.05. The van der Waals surface area contributed by atoms with Crippen LogP contribution in [0.15, 0.2) is 71.6 Å². The summed E-state index contributed by atoms with van der Waals surface area (Å²) in [6.07, 6.45) is 0.654. The van der Waals surface area contributed by atoms with Crippen LogP contribution in [0.4, 0.5) is 5.69 Å². The summed E-state index contributed by atoms with van der Waals surface area (Å²) in [6.45, 7) is 5.58. The Bertz CT molecular complexity index is 1250. The lowest BCUT2D eigenvalue weighted by molar-refractivity contribution is -0.120. The Morgan fingerprint density at radius 2 is 1.67 bits per heavy atom. The molecule has 0 heterocycles. The van der Waals surface area contributed by atoms with E-state index in [4.69, 9.17) is 23.2 Å². The number of nitrogens with one attached hydrogen (secondary N) is 1. The van der Waals surface area contributed by atoms with E-state index in [2.05, 4.69) is 5.32 Å². The van der Waals surface area contributed by atoms with Gasteiger partial charge in [-0.3, -0.25) is 9.10 Å². The number of carbonyl (C=O) groups excluding carboxylic acids is 1. The number of sulfonamides is 1. The second kappa shape index (κ2) is 10.6. The second-order valence-corrected chi connectivity index (χ2v) is 10.5. The predicted molar refractivity (Wildman–Crippen MR) is 135 cm³/mol. The fourth-order valence-corrected chi connectivity index (χ4v) is 5.50. The van der Waals surface area contributed by atoms with E-state index >= 15 is 0 Å². The molecule has 0 fully saturated rings. The fourth-order valence-electron chi connectivity index (χ4n) is 3.48. The quantitative estimate of drug-likeness (QED) is 0.404. The Balaban J connectivity index is 1.94. The fraction of sp³-hybridized carbons (Fsp3) is 0.240. The number of amides is 1. The number of benzene rings is 3. The number of aryl methyl sites for hydroxylation is 2. The first-order valence-electron chi connectivity index (χ1n) is 10.5. The van der Waals surface area contributed by atoms with E-state index in [1.54, 1.807) is 18.2 Å². The van der Waals surface area contributed by atoms with Gasteiger partial charge in [0.2, 0.25) is 5.91 Å². The predicted octanol–water partition coefficient (Wildman–Crippen LogP) is 6.07. The van der Waals surface area contributed by atoms with Crippen LogP contribution in [0.3, 0.4) is 0 Å². The van der Waals surface area contributed by atoms with Crippen LogP contribution in [0.5, 0.6) is 0 Å². The van der Waals surface area contributed by atoms with E-state index in [1.165, 1.54) is 30.3 Å². The molecule has 3 aromatic carbocycles. The van der Waals surface area contributed by atoms with Crippen molar-refractivity contribution < 1.29 is 13.2 Å². The summed E-state index contributed by atoms with van der Waals surface area (Å²) in [4.78, 5) is 13.2. The lowest BCUT2D eigenvalue weighted by atomic mass is 9.99. The van der Waals surface area contributed by atoms with Gasteiger partial charge in [-0.05, 0) is 67.3 Å². The van der Waals surface area contributed by atoms with Gasteiger partial charge in [-0.1, -0.05) is 66.5 Å². The smallest absolute Gasteiger partial charge is 0.264 e. The second-order valence-electron chi connectivity index (χ2n) is 7.79. The topological polar surface area (TPSA) is 66.5 Å². The molecule has 0 aliphatic carbocycles. The molecule has 0 radical (unpaired) electrons. The van der Waals surface area contributed by atoms with Gasteiger partial charge in [0.25, 0.3) is 10.0 Å². The van der Waals surface area contributed by atoms with Crippen molar-refractivity contribution in [2.75, 3.05) is 10.8 Å². The van der Waals surface area contributed by atoms with Crippen LogP contribution in [0.1, 0.15) is 36.1 Å². The highest BCUT2D eigenvalue weighted by Gasteiger charge is 2.29. The zero-order valence-electron chi connectivity index (χ0n) is 18.7. The summed E-state index contributed by atoms with van der Waals surface area (Å²) in [5.74, 6) is -0.439. The molecular weight excluding hydrogens is 479 g/mol. The van der Waals surface area contributed by atoms with E-state index < -0.39 is 22.5 Å². The van der Waals surface area contributed by atoms with Crippen LogP contribution in [0.25, 0.3) is 0 Å². The summed E-state index contributed by atoms with van der Waals surface area (Å²) < 4.78 is 28.0. The molecule has 33 heavy (non-hydrogen) atoms. The van der Waals surface area contributed by atoms with E-state index in [-0.39, 0.29) is 21.6 Å². The average molecular weight is 505 g/mol. The third-order valence-corrected chi connectivity index (χ3v) is 7.79. The summed E-state index contributed by atoms with van der Waals surface area (Å²) >= 11 is 12.3. The Labute approximate surface area is 205 Å². The van der Waals surface area contributed by atoms with Gasteiger partial charge in [0.05, 0.1) is 21.6 Å². The van der Waals surface area contributed by atoms with Gasteiger partial charge in [0, 0.05) is 5.02 Å². The van der Waals surface area contributed by atoms with Gasteiger partial charge in [-0.25, -0.2) is 8.42 Å². The van der Waals surface area contributed by atoms with Crippen LogP contribution in [-0.4, -0.2) is 20.9 Å². The number of nitrogens with zero attached hydrogens (tertiary/aromatic N) is 1. The van der Waals surface area contributed by atoms with Crippen molar-refractivity contribution in [2.45, 2.75) is 38.1 Å². The molecule has 0 aliphatic rings. The minimum Gasteiger partial charge on any atom is -0.348 e. The first kappa shape index (κ1) is 25.1. The molecule has 1 unspecified atom stereocenters. The molecule has 174 valence electrons. The molecule has 1 amide bonds. The molecule has 0 saturated carbocycles. The molecular formula is C25H26Cl2N2O3S. The maximum absolute atomic E-state index is 13.5. The number of halogens is 2. The van der Waals surface area contributed by atoms with Gasteiger partial charge < -0.3 is 5.32 Å².